The zero-order valence-corrected chi connectivity index (χ0v) is 43.7. The summed E-state index contributed by atoms with van der Waals surface area (Å²) in [7, 11) is -17.8. The first kappa shape index (κ1) is 61.6. The molecule has 10 atom stereocenters. The Morgan fingerprint density at radius 1 is 0.582 bits per heavy atom. The van der Waals surface area contributed by atoms with Crippen LogP contribution in [0.4, 0.5) is 11.6 Å². The van der Waals surface area contributed by atoms with E-state index in [-0.39, 0.29) is 87.2 Å². The molecule has 2 aromatic rings. The molecule has 4 rings (SSSR count). The summed E-state index contributed by atoms with van der Waals surface area (Å²) in [4.78, 5) is 56.3. The summed E-state index contributed by atoms with van der Waals surface area (Å²) in [6, 6.07) is 2.75. The summed E-state index contributed by atoms with van der Waals surface area (Å²) >= 11 is 0. The summed E-state index contributed by atoms with van der Waals surface area (Å²) in [5.41, 5.74) is 9.58. The molecule has 0 aliphatic carbocycles. The summed E-state index contributed by atoms with van der Waals surface area (Å²) in [5, 5.41) is 0. The topological polar surface area (TPSA) is 347 Å². The summed E-state index contributed by atoms with van der Waals surface area (Å²) in [6.07, 6.45) is -0.0933. The molecule has 2 aliphatic rings. The van der Waals surface area contributed by atoms with E-state index < -0.39 is 79.9 Å². The number of ether oxygens (including phenoxy) is 2. The third-order valence-electron chi connectivity index (χ3n) is 8.94. The van der Waals surface area contributed by atoms with Crippen molar-refractivity contribution in [3.8, 4) is 0 Å². The number of nitrogen functional groups attached to an aromatic ring is 2. The fourth-order valence-corrected chi connectivity index (χ4v) is 10.1. The van der Waals surface area contributed by atoms with Gasteiger partial charge in [0.15, 0.2) is 12.6 Å². The van der Waals surface area contributed by atoms with Crippen LogP contribution < -0.4 is 32.6 Å². The van der Waals surface area contributed by atoms with Gasteiger partial charge in [0, 0.05) is 25.2 Å². The Labute approximate surface area is 405 Å². The first-order valence-electron chi connectivity index (χ1n) is 21.7. The molecule has 4 N–H and O–H groups in total. The van der Waals surface area contributed by atoms with Crippen LogP contribution in [0.1, 0.15) is 118 Å². The van der Waals surface area contributed by atoms with Crippen molar-refractivity contribution >= 4 is 66.0 Å². The minimum absolute atomic E-state index is 0. The molecular weight excluding hydrogens is 985 g/mol. The Morgan fingerprint density at radius 2 is 0.910 bits per heavy atom. The second-order valence-electron chi connectivity index (χ2n) is 14.3. The van der Waals surface area contributed by atoms with Gasteiger partial charge in [-0.1, -0.05) is 53.4 Å². The number of phosphoric ester groups is 4. The third kappa shape index (κ3) is 21.4. The number of nitrogens with two attached hydrogens (primary N) is 2. The van der Waals surface area contributed by atoms with Crippen molar-refractivity contribution in [3.05, 3.63) is 45.5 Å². The molecule has 0 bridgehead atoms. The number of rotatable bonds is 30. The smallest absolute Gasteiger partial charge is 0.756 e. The van der Waals surface area contributed by atoms with E-state index in [9.17, 15) is 37.6 Å². The van der Waals surface area contributed by atoms with Crippen LogP contribution in [0.3, 0.4) is 0 Å². The van der Waals surface area contributed by atoms with Crippen molar-refractivity contribution in [2.24, 2.45) is 0 Å². The van der Waals surface area contributed by atoms with Gasteiger partial charge in [-0.25, -0.2) is 18.7 Å². The van der Waals surface area contributed by atoms with Crippen LogP contribution in [0.15, 0.2) is 34.1 Å². The van der Waals surface area contributed by atoms with E-state index in [0.717, 1.165) is 34.8 Å². The van der Waals surface area contributed by atoms with Crippen LogP contribution in [0, 0.1) is 0 Å². The molecule has 67 heavy (non-hydrogen) atoms. The van der Waals surface area contributed by atoms with Gasteiger partial charge in [-0.2, -0.15) is 9.97 Å². The van der Waals surface area contributed by atoms with Gasteiger partial charge in [0.1, 0.15) is 36.3 Å². The quantitative estimate of drug-likeness (QED) is 0.0586. The zero-order valence-electron chi connectivity index (χ0n) is 38.7. The maximum atomic E-state index is 13.0. The normalized spacial score (nSPS) is 24.1. The molecule has 2 aromatic heterocycles. The molecule has 2 fully saturated rings. The van der Waals surface area contributed by atoms with Crippen molar-refractivity contribution < 1.29 is 82.8 Å². The van der Waals surface area contributed by atoms with E-state index in [1.54, 1.807) is 13.8 Å². The Hall–Kier alpha value is -1.51. The number of unbranched alkanes of at least 4 members (excludes halogenated alkanes) is 4. The molecule has 380 valence electrons. The predicted molar refractivity (Wildman–Crippen MR) is 238 cm³/mol. The van der Waals surface area contributed by atoms with Crippen LogP contribution >= 0.6 is 31.3 Å². The predicted octanol–water partition coefficient (Wildman–Crippen LogP) is 5.06. The Balaban J connectivity index is 0.000000453. The number of aromatic nitrogens is 4. The van der Waals surface area contributed by atoms with Crippen molar-refractivity contribution in [1.82, 2.24) is 19.1 Å². The minimum atomic E-state index is -4.76. The fraction of sp³-hybridized carbons (Fsp3) is 0.778. The Morgan fingerprint density at radius 3 is 1.21 bits per heavy atom. The molecule has 4 unspecified atom stereocenters. The molecule has 2 aliphatic heterocycles. The average Bonchev–Trinajstić information content (AvgIpc) is 3.79. The number of phosphoric acid groups is 4. The van der Waals surface area contributed by atoms with Gasteiger partial charge in [0.25, 0.3) is 15.6 Å². The fourth-order valence-electron chi connectivity index (χ4n) is 5.68. The van der Waals surface area contributed by atoms with E-state index in [0.29, 0.717) is 25.7 Å². The van der Waals surface area contributed by atoms with E-state index in [2.05, 4.69) is 9.97 Å². The molecule has 0 saturated carbocycles. The van der Waals surface area contributed by atoms with Gasteiger partial charge in [-0.05, 0) is 51.7 Å². The van der Waals surface area contributed by atoms with Gasteiger partial charge >= 0.3 is 50.1 Å². The van der Waals surface area contributed by atoms with Crippen molar-refractivity contribution in [2.45, 2.75) is 143 Å². The Bertz CT molecular complexity index is 1950. The molecule has 0 aromatic carbocycles. The molecule has 0 amide bonds. The van der Waals surface area contributed by atoms with Crippen LogP contribution in [-0.4, -0.2) is 107 Å². The number of hydrogen-bond donors (Lipinski definition) is 2. The molecule has 26 nitrogen and oxygen atoms in total. The van der Waals surface area contributed by atoms with Gasteiger partial charge in [0.05, 0.1) is 39.6 Å². The minimum Gasteiger partial charge on any atom is -0.756 e. The molecule has 2 saturated heterocycles. The molecule has 4 heterocycles. The monoisotopic (exact) mass is 1050 g/mol. The van der Waals surface area contributed by atoms with Gasteiger partial charge in [0.2, 0.25) is 0 Å². The first-order valence-corrected chi connectivity index (χ1v) is 27.5. The van der Waals surface area contributed by atoms with E-state index in [4.69, 9.17) is 66.2 Å². The standard InChI is InChI=1S/2C18H33N3O10P2.Mg/c2*1-4-7-11-27-32(23,24)30-14-13-16(21-10-9-15(19)20-18(21)22)29-17(14)31-33(25,26-6-3)28-12-8-5-2;/h2*9-10,14,16-17H,4-8,11-13H2,1-3H3,(H,23,24)(H2,19,20,22);/q;;+2/p-2/t2*14-,16+,17+,33?;/m00./s1. The summed E-state index contributed by atoms with van der Waals surface area (Å²) in [5.74, 6) is 0.0156. The van der Waals surface area contributed by atoms with Crippen LogP contribution in [0.5, 0.6) is 0 Å². The number of anilines is 2. The second-order valence-corrected chi connectivity index (χ2v) is 20.3. The van der Waals surface area contributed by atoms with Crippen LogP contribution in [0.25, 0.3) is 0 Å². The number of nitrogens with zero attached hydrogens (tertiary/aromatic N) is 4. The maximum Gasteiger partial charge on any atom is 2.00 e. The summed E-state index contributed by atoms with van der Waals surface area (Å²) < 4.78 is 116. The van der Waals surface area contributed by atoms with E-state index in [1.807, 2.05) is 27.7 Å². The van der Waals surface area contributed by atoms with E-state index >= 15 is 0 Å². The zero-order chi connectivity index (χ0) is 49.0. The second kappa shape index (κ2) is 30.4. The van der Waals surface area contributed by atoms with Crippen LogP contribution in [-0.2, 0) is 73.0 Å². The molecular formula is C36H64MgN6O20P4. The first-order chi connectivity index (χ1) is 31.3. The van der Waals surface area contributed by atoms with Gasteiger partial charge < -0.3 is 48.8 Å². The molecule has 31 heteroatoms. The van der Waals surface area contributed by atoms with Gasteiger partial charge in [-0.15, -0.1) is 0 Å². The molecule has 0 spiro atoms. The molecule has 0 radical (unpaired) electrons. The maximum absolute atomic E-state index is 13.0. The third-order valence-corrected chi connectivity index (χ3v) is 14.1. The largest absolute Gasteiger partial charge is 2.00 e. The number of hydrogen-bond acceptors (Lipinski definition) is 24. The van der Waals surface area contributed by atoms with Gasteiger partial charge in [-0.3, -0.25) is 45.4 Å². The van der Waals surface area contributed by atoms with Crippen molar-refractivity contribution in [2.75, 3.05) is 51.1 Å². The van der Waals surface area contributed by atoms with Crippen molar-refractivity contribution in [1.29, 1.82) is 0 Å². The average molecular weight is 1050 g/mol. The Kier molecular flexibility index (Phi) is 27.9. The SMILES string of the molecule is CCCCOP(=O)([O-])O[C@H]1C[C@H](n2ccc(N)nc2=O)O[C@@H]1OP(=O)(OCC)OCCCC.CCCCOP(=O)([O-])O[C@H]1C[C@H](n2ccc(N)nc2=O)O[C@@H]1OP(=O)(OCC)OCCCC.[Mg+2]. The summed E-state index contributed by atoms with van der Waals surface area (Å²) in [6.45, 7) is 10.9. The van der Waals surface area contributed by atoms with E-state index in [1.165, 1.54) is 24.5 Å². The van der Waals surface area contributed by atoms with Crippen molar-refractivity contribution in [3.63, 3.8) is 0 Å². The van der Waals surface area contributed by atoms with Crippen LogP contribution in [0.2, 0.25) is 0 Å².